The van der Waals surface area contributed by atoms with Crippen LogP contribution in [0, 0.1) is 0 Å². The molecule has 94 valence electrons. The van der Waals surface area contributed by atoms with E-state index >= 15 is 0 Å². The van der Waals surface area contributed by atoms with E-state index in [0.717, 1.165) is 35.7 Å². The zero-order valence-corrected chi connectivity index (χ0v) is 11.0. The largest absolute Gasteiger partial charge is 0.467 e. The van der Waals surface area contributed by atoms with Gasteiger partial charge in [0, 0.05) is 11.3 Å². The highest BCUT2D eigenvalue weighted by molar-refractivity contribution is 7.98. The number of rotatable bonds is 3. The number of fused-ring (bicyclic) bond motifs is 1. The lowest BCUT2D eigenvalue weighted by molar-refractivity contribution is 0.481. The molecule has 0 amide bonds. The molecule has 0 fully saturated rings. The van der Waals surface area contributed by atoms with Gasteiger partial charge in [0.05, 0.1) is 12.8 Å². The highest BCUT2D eigenvalue weighted by Gasteiger charge is 2.21. The summed E-state index contributed by atoms with van der Waals surface area (Å²) in [7, 11) is 0. The van der Waals surface area contributed by atoms with Crippen molar-refractivity contribution in [3.63, 3.8) is 0 Å². The molecule has 3 rings (SSSR count). The van der Waals surface area contributed by atoms with Crippen molar-refractivity contribution in [2.24, 2.45) is 0 Å². The first kappa shape index (κ1) is 11.6. The summed E-state index contributed by atoms with van der Waals surface area (Å²) in [6, 6.07) is 3.72. The van der Waals surface area contributed by atoms with Crippen LogP contribution < -0.4 is 5.69 Å². The molecule has 2 aromatic heterocycles. The lowest BCUT2D eigenvalue weighted by atomic mass is 10.2. The molecule has 0 saturated carbocycles. The Bertz CT molecular complexity index is 617. The van der Waals surface area contributed by atoms with E-state index < -0.39 is 0 Å². The fourth-order valence-electron chi connectivity index (χ4n) is 2.48. The molecular weight excluding hydrogens is 248 g/mol. The third-order valence-electron chi connectivity index (χ3n) is 3.29. The lowest BCUT2D eigenvalue weighted by Gasteiger charge is -2.12. The second-order valence-corrected chi connectivity index (χ2v) is 5.14. The Labute approximate surface area is 109 Å². The predicted molar refractivity (Wildman–Crippen MR) is 70.1 cm³/mol. The van der Waals surface area contributed by atoms with Gasteiger partial charge in [0.25, 0.3) is 0 Å². The van der Waals surface area contributed by atoms with Crippen LogP contribution in [0.3, 0.4) is 0 Å². The molecule has 0 atom stereocenters. The van der Waals surface area contributed by atoms with Gasteiger partial charge in [0.15, 0.2) is 0 Å². The van der Waals surface area contributed by atoms with Gasteiger partial charge in [-0.2, -0.15) is 4.98 Å². The number of thioether (sulfide) groups is 1. The zero-order chi connectivity index (χ0) is 12.5. The lowest BCUT2D eigenvalue weighted by Crippen LogP contribution is -2.27. The SMILES string of the molecule is CSc1nc(=O)n(Cc2ccco2)c2c1CCC2. The maximum atomic E-state index is 12.1. The monoisotopic (exact) mass is 262 g/mol. The summed E-state index contributed by atoms with van der Waals surface area (Å²) in [6.45, 7) is 0.482. The molecule has 1 aliphatic carbocycles. The van der Waals surface area contributed by atoms with Gasteiger partial charge in [-0.3, -0.25) is 4.57 Å². The molecule has 0 spiro atoms. The van der Waals surface area contributed by atoms with Crippen LogP contribution in [0.4, 0.5) is 0 Å². The fourth-order valence-corrected chi connectivity index (χ4v) is 3.11. The molecule has 18 heavy (non-hydrogen) atoms. The average molecular weight is 262 g/mol. The van der Waals surface area contributed by atoms with Crippen LogP contribution in [0.1, 0.15) is 23.4 Å². The Morgan fingerprint density at radius 2 is 2.39 bits per heavy atom. The standard InChI is InChI=1S/C13H14N2O2S/c1-18-12-10-5-2-6-11(10)15(13(16)14-12)8-9-4-3-7-17-9/h3-4,7H,2,5-6,8H2,1H3. The van der Waals surface area contributed by atoms with Gasteiger partial charge < -0.3 is 4.42 Å². The predicted octanol–water partition coefficient (Wildman–Crippen LogP) is 2.10. The van der Waals surface area contributed by atoms with Crippen molar-refractivity contribution < 1.29 is 4.42 Å². The minimum Gasteiger partial charge on any atom is -0.467 e. The van der Waals surface area contributed by atoms with Crippen LogP contribution >= 0.6 is 11.8 Å². The summed E-state index contributed by atoms with van der Waals surface area (Å²) in [5.41, 5.74) is 2.21. The summed E-state index contributed by atoms with van der Waals surface area (Å²) >= 11 is 1.56. The van der Waals surface area contributed by atoms with Gasteiger partial charge in [0.1, 0.15) is 10.8 Å². The van der Waals surface area contributed by atoms with Crippen LogP contribution in [0.2, 0.25) is 0 Å². The maximum absolute atomic E-state index is 12.1. The molecule has 2 heterocycles. The van der Waals surface area contributed by atoms with Crippen LogP contribution in [0.15, 0.2) is 32.6 Å². The second kappa shape index (κ2) is 4.65. The summed E-state index contributed by atoms with van der Waals surface area (Å²) in [5, 5.41) is 0.892. The van der Waals surface area contributed by atoms with Crippen LogP contribution in [-0.2, 0) is 19.4 Å². The van der Waals surface area contributed by atoms with Crippen molar-refractivity contribution >= 4 is 11.8 Å². The Morgan fingerprint density at radius 3 is 3.11 bits per heavy atom. The number of nitrogens with zero attached hydrogens (tertiary/aromatic N) is 2. The first-order chi connectivity index (χ1) is 8.79. The Kier molecular flexibility index (Phi) is 2.99. The smallest absolute Gasteiger partial charge is 0.349 e. The second-order valence-electron chi connectivity index (χ2n) is 4.35. The molecule has 0 N–H and O–H groups in total. The molecule has 0 radical (unpaired) electrons. The van der Waals surface area contributed by atoms with Crippen molar-refractivity contribution in [1.82, 2.24) is 9.55 Å². The molecule has 2 aromatic rings. The van der Waals surface area contributed by atoms with Crippen molar-refractivity contribution in [3.8, 4) is 0 Å². The van der Waals surface area contributed by atoms with E-state index in [9.17, 15) is 4.79 Å². The van der Waals surface area contributed by atoms with Crippen molar-refractivity contribution in [2.45, 2.75) is 30.8 Å². The van der Waals surface area contributed by atoms with E-state index in [1.54, 1.807) is 22.6 Å². The highest BCUT2D eigenvalue weighted by Crippen LogP contribution is 2.28. The van der Waals surface area contributed by atoms with Gasteiger partial charge >= 0.3 is 5.69 Å². The van der Waals surface area contributed by atoms with Crippen LogP contribution in [0.5, 0.6) is 0 Å². The van der Waals surface area contributed by atoms with E-state index in [1.807, 2.05) is 18.4 Å². The fraction of sp³-hybridized carbons (Fsp3) is 0.385. The highest BCUT2D eigenvalue weighted by atomic mass is 32.2. The van der Waals surface area contributed by atoms with Crippen molar-refractivity contribution in [3.05, 3.63) is 45.9 Å². The molecule has 0 aromatic carbocycles. The third kappa shape index (κ3) is 1.88. The van der Waals surface area contributed by atoms with Gasteiger partial charge in [-0.1, -0.05) is 0 Å². The number of hydrogen-bond acceptors (Lipinski definition) is 4. The number of aromatic nitrogens is 2. The molecule has 0 unspecified atom stereocenters. The Morgan fingerprint density at radius 1 is 1.50 bits per heavy atom. The number of hydrogen-bond donors (Lipinski definition) is 0. The average Bonchev–Trinajstić information content (AvgIpc) is 3.02. The first-order valence-corrected chi connectivity index (χ1v) is 7.21. The van der Waals surface area contributed by atoms with E-state index in [4.69, 9.17) is 4.42 Å². The normalized spacial score (nSPS) is 13.8. The van der Waals surface area contributed by atoms with E-state index in [2.05, 4.69) is 4.98 Å². The third-order valence-corrected chi connectivity index (χ3v) is 4.01. The Balaban J connectivity index is 2.10. The van der Waals surface area contributed by atoms with E-state index in [-0.39, 0.29) is 5.69 Å². The molecule has 0 bridgehead atoms. The summed E-state index contributed by atoms with van der Waals surface area (Å²) < 4.78 is 7.07. The van der Waals surface area contributed by atoms with Crippen molar-refractivity contribution in [2.75, 3.05) is 6.26 Å². The molecule has 0 aliphatic heterocycles. The molecule has 4 nitrogen and oxygen atoms in total. The summed E-state index contributed by atoms with van der Waals surface area (Å²) in [5.74, 6) is 0.796. The van der Waals surface area contributed by atoms with Gasteiger partial charge in [0.2, 0.25) is 0 Å². The molecular formula is C13H14N2O2S. The van der Waals surface area contributed by atoms with E-state index in [0.29, 0.717) is 6.54 Å². The number of furan rings is 1. The minimum absolute atomic E-state index is 0.170. The van der Waals surface area contributed by atoms with Crippen molar-refractivity contribution in [1.29, 1.82) is 0 Å². The van der Waals surface area contributed by atoms with E-state index in [1.165, 1.54) is 5.56 Å². The van der Waals surface area contributed by atoms with Gasteiger partial charge in [-0.15, -0.1) is 11.8 Å². The zero-order valence-electron chi connectivity index (χ0n) is 10.2. The molecule has 1 aliphatic rings. The quantitative estimate of drug-likeness (QED) is 0.628. The minimum atomic E-state index is -0.170. The van der Waals surface area contributed by atoms with Crippen LogP contribution in [0.25, 0.3) is 0 Å². The summed E-state index contributed by atoms with van der Waals surface area (Å²) in [4.78, 5) is 16.3. The van der Waals surface area contributed by atoms with Gasteiger partial charge in [-0.25, -0.2) is 4.79 Å². The maximum Gasteiger partial charge on any atom is 0.349 e. The molecule has 5 heteroatoms. The van der Waals surface area contributed by atoms with Gasteiger partial charge in [-0.05, 0) is 37.7 Å². The molecule has 0 saturated heterocycles. The Hall–Kier alpha value is -1.49. The first-order valence-electron chi connectivity index (χ1n) is 5.98. The van der Waals surface area contributed by atoms with Crippen LogP contribution in [-0.4, -0.2) is 15.8 Å². The summed E-state index contributed by atoms with van der Waals surface area (Å²) in [6.07, 6.45) is 6.69. The topological polar surface area (TPSA) is 48.0 Å².